The van der Waals surface area contributed by atoms with Crippen molar-refractivity contribution in [2.24, 2.45) is 11.7 Å². The van der Waals surface area contributed by atoms with Crippen LogP contribution in [0.15, 0.2) is 0 Å². The topological polar surface area (TPSA) is 43.1 Å². The van der Waals surface area contributed by atoms with Crippen molar-refractivity contribution in [3.05, 3.63) is 0 Å². The van der Waals surface area contributed by atoms with Crippen LogP contribution in [-0.2, 0) is 4.79 Å². The van der Waals surface area contributed by atoms with Crippen LogP contribution in [0.4, 0.5) is 0 Å². The van der Waals surface area contributed by atoms with Crippen LogP contribution in [0, 0.1) is 5.92 Å². The molecule has 0 unspecified atom stereocenters. The van der Waals surface area contributed by atoms with Crippen LogP contribution in [0.3, 0.4) is 0 Å². The Morgan fingerprint density at radius 3 is 2.42 bits per heavy atom. The van der Waals surface area contributed by atoms with E-state index >= 15 is 0 Å². The summed E-state index contributed by atoms with van der Waals surface area (Å²) in [5, 5.41) is 0. The number of rotatable bonds is 3. The first-order valence-electron chi connectivity index (χ1n) is 4.46. The van der Waals surface area contributed by atoms with Crippen LogP contribution >= 0.6 is 0 Å². The monoisotopic (exact) mass is 161 g/mol. The molecule has 1 rings (SSSR count). The Hall–Kier alpha value is 0.227. The molecule has 2 nitrogen and oxygen atoms in total. The molecule has 0 aromatic carbocycles. The molecule has 1 fully saturated rings. The molecule has 1 aliphatic rings. The number of nitrogens with two attached hydrogens (primary N) is 1. The third-order valence-corrected chi connectivity index (χ3v) is 2.46. The van der Waals surface area contributed by atoms with Gasteiger partial charge in [-0.25, -0.2) is 6.29 Å². The van der Waals surface area contributed by atoms with Gasteiger partial charge in [0.05, 0.1) is 0 Å². The van der Waals surface area contributed by atoms with Gasteiger partial charge in [-0.2, -0.15) is 0 Å². The predicted octanol–water partition coefficient (Wildman–Crippen LogP) is -1.60. The largest absolute Gasteiger partial charge is 1.00 e. The third kappa shape index (κ3) is 4.30. The van der Waals surface area contributed by atoms with Crippen molar-refractivity contribution >= 4 is 6.29 Å². The second-order valence-electron chi connectivity index (χ2n) is 3.46. The summed E-state index contributed by atoms with van der Waals surface area (Å²) in [6, 6.07) is -0.335. The van der Waals surface area contributed by atoms with Crippen molar-refractivity contribution in [2.75, 3.05) is 0 Å². The first-order chi connectivity index (χ1) is 5.33. The zero-order valence-electron chi connectivity index (χ0n) is 7.88. The molecule has 2 N–H and O–H groups in total. The fourth-order valence-electron chi connectivity index (χ4n) is 1.83. The minimum absolute atomic E-state index is 0. The molecule has 0 aliphatic heterocycles. The zero-order valence-corrected chi connectivity index (χ0v) is 7.88. The second-order valence-corrected chi connectivity index (χ2v) is 3.46. The van der Waals surface area contributed by atoms with Crippen LogP contribution in [0.2, 0.25) is 0 Å². The molecule has 0 bridgehead atoms. The number of hydrogen-bond donors (Lipinski definition) is 1. The molecule has 0 saturated heterocycles. The quantitative estimate of drug-likeness (QED) is 0.400. The van der Waals surface area contributed by atoms with Crippen molar-refractivity contribution in [2.45, 2.75) is 44.6 Å². The Morgan fingerprint density at radius 1 is 1.33 bits per heavy atom. The maximum atomic E-state index is 10.1. The molecule has 0 aromatic heterocycles. The molecule has 1 atom stereocenters. The second kappa shape index (κ2) is 6.71. The van der Waals surface area contributed by atoms with Gasteiger partial charge in [0.2, 0.25) is 0 Å². The Balaban J connectivity index is 0.00000121. The molecule has 0 aromatic rings. The average molecular weight is 161 g/mol. The van der Waals surface area contributed by atoms with Crippen molar-refractivity contribution in [3.8, 4) is 0 Å². The average Bonchev–Trinajstić information content (AvgIpc) is 2.06. The summed E-state index contributed by atoms with van der Waals surface area (Å²) in [7, 11) is 0. The van der Waals surface area contributed by atoms with Gasteiger partial charge in [-0.1, -0.05) is 44.6 Å². The molecule has 0 amide bonds. The van der Waals surface area contributed by atoms with Crippen LogP contribution in [-0.4, -0.2) is 12.3 Å². The van der Waals surface area contributed by atoms with E-state index in [2.05, 4.69) is 0 Å². The number of hydrogen-bond acceptors (Lipinski definition) is 2. The maximum Gasteiger partial charge on any atom is 1.00 e. The summed E-state index contributed by atoms with van der Waals surface area (Å²) >= 11 is 0. The fraction of sp³-hybridized carbons (Fsp3) is 0.889. The minimum Gasteiger partial charge on any atom is -0.540 e. The van der Waals surface area contributed by atoms with E-state index in [-0.39, 0.29) is 24.9 Å². The van der Waals surface area contributed by atoms with Crippen LogP contribution in [0.25, 0.3) is 0 Å². The SMILES string of the molecule is N[C@H]([C-]=O)CC1CCCCC1.[Li+]. The van der Waals surface area contributed by atoms with E-state index in [1.54, 1.807) is 0 Å². The van der Waals surface area contributed by atoms with Gasteiger partial charge in [-0.3, -0.25) is 0 Å². The summed E-state index contributed by atoms with van der Waals surface area (Å²) in [6.07, 6.45) is 9.20. The molecule has 0 radical (unpaired) electrons. The summed E-state index contributed by atoms with van der Waals surface area (Å²) in [4.78, 5) is 10.1. The Kier molecular flexibility index (Phi) is 6.84. The Labute approximate surface area is 86.5 Å². The summed E-state index contributed by atoms with van der Waals surface area (Å²) in [5.41, 5.74) is 5.48. The fourth-order valence-corrected chi connectivity index (χ4v) is 1.83. The van der Waals surface area contributed by atoms with Crippen LogP contribution in [0.1, 0.15) is 38.5 Å². The van der Waals surface area contributed by atoms with Crippen LogP contribution in [0.5, 0.6) is 0 Å². The Morgan fingerprint density at radius 2 is 1.92 bits per heavy atom. The molecule has 1 aliphatic carbocycles. The van der Waals surface area contributed by atoms with Crippen molar-refractivity contribution in [3.63, 3.8) is 0 Å². The first-order valence-corrected chi connectivity index (χ1v) is 4.46. The molecule has 12 heavy (non-hydrogen) atoms. The van der Waals surface area contributed by atoms with Gasteiger partial charge in [0.1, 0.15) is 0 Å². The molecule has 0 heterocycles. The van der Waals surface area contributed by atoms with E-state index in [9.17, 15) is 4.79 Å². The van der Waals surface area contributed by atoms with E-state index in [4.69, 9.17) is 5.73 Å². The van der Waals surface area contributed by atoms with Crippen LogP contribution < -0.4 is 24.6 Å². The summed E-state index contributed by atoms with van der Waals surface area (Å²) in [5.74, 6) is 0.695. The summed E-state index contributed by atoms with van der Waals surface area (Å²) in [6.45, 7) is 0. The van der Waals surface area contributed by atoms with E-state index < -0.39 is 0 Å². The number of carbonyl (C=O) groups excluding carboxylic acids is 1. The van der Waals surface area contributed by atoms with E-state index in [0.717, 1.165) is 6.42 Å². The molecular weight excluding hydrogens is 145 g/mol. The maximum absolute atomic E-state index is 10.1. The van der Waals surface area contributed by atoms with Gasteiger partial charge in [-0.15, -0.1) is 0 Å². The smallest absolute Gasteiger partial charge is 0.540 e. The minimum atomic E-state index is -0.335. The zero-order chi connectivity index (χ0) is 8.10. The molecule has 64 valence electrons. The van der Waals surface area contributed by atoms with Gasteiger partial charge in [0.15, 0.2) is 0 Å². The van der Waals surface area contributed by atoms with Gasteiger partial charge < -0.3 is 10.5 Å². The molecule has 1 saturated carbocycles. The van der Waals surface area contributed by atoms with Gasteiger partial charge in [-0.05, 0) is 5.92 Å². The van der Waals surface area contributed by atoms with E-state index in [0.29, 0.717) is 5.92 Å². The van der Waals surface area contributed by atoms with E-state index in [1.807, 2.05) is 6.29 Å². The first kappa shape index (κ1) is 12.2. The van der Waals surface area contributed by atoms with Gasteiger partial charge in [0.25, 0.3) is 0 Å². The molecule has 0 spiro atoms. The Bertz CT molecular complexity index is 124. The molecule has 3 heteroatoms. The van der Waals surface area contributed by atoms with Crippen molar-refractivity contribution in [1.82, 2.24) is 0 Å². The van der Waals surface area contributed by atoms with Gasteiger partial charge in [0, 0.05) is 0 Å². The standard InChI is InChI=1S/C9H16NO.Li/c10-9(7-11)6-8-4-2-1-3-5-8;/h8-9H,1-6,10H2;/q-1;+1/t9-;/m0./s1. The van der Waals surface area contributed by atoms with Crippen molar-refractivity contribution < 1.29 is 23.7 Å². The molecular formula is C9H16LiNO. The predicted molar refractivity (Wildman–Crippen MR) is 44.9 cm³/mol. The summed E-state index contributed by atoms with van der Waals surface area (Å²) < 4.78 is 0. The van der Waals surface area contributed by atoms with Crippen molar-refractivity contribution in [1.29, 1.82) is 0 Å². The third-order valence-electron chi connectivity index (χ3n) is 2.46. The van der Waals surface area contributed by atoms with E-state index in [1.165, 1.54) is 32.1 Å². The normalized spacial score (nSPS) is 21.1. The van der Waals surface area contributed by atoms with Gasteiger partial charge >= 0.3 is 18.9 Å².